The van der Waals surface area contributed by atoms with E-state index in [1.54, 1.807) is 6.20 Å². The van der Waals surface area contributed by atoms with Crippen molar-refractivity contribution in [2.45, 2.75) is 31.7 Å². The molecule has 0 unspecified atom stereocenters. The van der Waals surface area contributed by atoms with Crippen LogP contribution in [0.5, 0.6) is 0 Å². The van der Waals surface area contributed by atoms with E-state index in [1.807, 2.05) is 30.3 Å². The van der Waals surface area contributed by atoms with Gasteiger partial charge in [0.05, 0.1) is 0 Å². The predicted octanol–water partition coefficient (Wildman–Crippen LogP) is 2.91. The number of nitrogens with zero attached hydrogens (tertiary/aromatic N) is 1. The Hall–Kier alpha value is -1.90. The molecule has 1 N–H and O–H groups in total. The number of amides is 1. The fourth-order valence-corrected chi connectivity index (χ4v) is 2.54. The van der Waals surface area contributed by atoms with Crippen LogP contribution < -0.4 is 5.32 Å². The van der Waals surface area contributed by atoms with Gasteiger partial charge in [0, 0.05) is 17.6 Å². The van der Waals surface area contributed by atoms with Crippen molar-refractivity contribution in [1.29, 1.82) is 0 Å². The van der Waals surface area contributed by atoms with Crippen molar-refractivity contribution in [2.75, 3.05) is 0 Å². The molecule has 3 heteroatoms. The quantitative estimate of drug-likeness (QED) is 0.877. The molecule has 18 heavy (non-hydrogen) atoms. The molecule has 1 fully saturated rings. The molecule has 0 saturated heterocycles. The van der Waals surface area contributed by atoms with Crippen LogP contribution >= 0.6 is 0 Å². The maximum atomic E-state index is 12.1. The van der Waals surface area contributed by atoms with E-state index in [4.69, 9.17) is 0 Å². The fourth-order valence-electron chi connectivity index (χ4n) is 2.54. The Morgan fingerprint density at radius 3 is 2.67 bits per heavy atom. The van der Waals surface area contributed by atoms with Crippen LogP contribution in [0.3, 0.4) is 0 Å². The van der Waals surface area contributed by atoms with Gasteiger partial charge in [-0.15, -0.1) is 0 Å². The van der Waals surface area contributed by atoms with Crippen LogP contribution in [0.25, 0.3) is 10.8 Å². The molecule has 1 aliphatic carbocycles. The highest BCUT2D eigenvalue weighted by Gasteiger charge is 2.18. The number of pyridine rings is 1. The van der Waals surface area contributed by atoms with E-state index in [0.29, 0.717) is 11.7 Å². The Bertz CT molecular complexity index is 573. The summed E-state index contributed by atoms with van der Waals surface area (Å²) < 4.78 is 0. The summed E-state index contributed by atoms with van der Waals surface area (Å²) in [5.74, 6) is -0.0485. The highest BCUT2D eigenvalue weighted by Crippen LogP contribution is 2.18. The SMILES string of the molecule is O=C(NC1CCCC1)c1cc2ccccc2cn1. The molecule has 0 spiro atoms. The van der Waals surface area contributed by atoms with Gasteiger partial charge in [0.15, 0.2) is 0 Å². The summed E-state index contributed by atoms with van der Waals surface area (Å²) >= 11 is 0. The van der Waals surface area contributed by atoms with Crippen LogP contribution in [0, 0.1) is 0 Å². The zero-order valence-electron chi connectivity index (χ0n) is 10.2. The normalized spacial score (nSPS) is 16.0. The molecule has 0 atom stereocenters. The molecular weight excluding hydrogens is 224 g/mol. The number of aromatic nitrogens is 1. The van der Waals surface area contributed by atoms with Gasteiger partial charge < -0.3 is 5.32 Å². The summed E-state index contributed by atoms with van der Waals surface area (Å²) in [6, 6.07) is 10.2. The number of nitrogens with one attached hydrogen (secondary N) is 1. The average Bonchev–Trinajstić information content (AvgIpc) is 2.91. The first-order chi connectivity index (χ1) is 8.83. The molecular formula is C15H16N2O. The van der Waals surface area contributed by atoms with Crippen LogP contribution in [0.4, 0.5) is 0 Å². The summed E-state index contributed by atoms with van der Waals surface area (Å²) in [5, 5.41) is 5.18. The minimum Gasteiger partial charge on any atom is -0.348 e. The van der Waals surface area contributed by atoms with Gasteiger partial charge in [-0.3, -0.25) is 9.78 Å². The largest absolute Gasteiger partial charge is 0.348 e. The maximum Gasteiger partial charge on any atom is 0.270 e. The molecule has 1 amide bonds. The first-order valence-electron chi connectivity index (χ1n) is 6.48. The van der Waals surface area contributed by atoms with E-state index < -0.39 is 0 Å². The van der Waals surface area contributed by atoms with Gasteiger partial charge in [0.1, 0.15) is 5.69 Å². The van der Waals surface area contributed by atoms with E-state index in [-0.39, 0.29) is 5.91 Å². The maximum absolute atomic E-state index is 12.1. The number of benzene rings is 1. The molecule has 3 nitrogen and oxygen atoms in total. The molecule has 0 bridgehead atoms. The molecule has 1 aliphatic rings. The van der Waals surface area contributed by atoms with Crippen LogP contribution in [0.15, 0.2) is 36.5 Å². The number of hydrogen-bond donors (Lipinski definition) is 1. The first kappa shape index (κ1) is 11.2. The van der Waals surface area contributed by atoms with Gasteiger partial charge in [0.25, 0.3) is 5.91 Å². The lowest BCUT2D eigenvalue weighted by Gasteiger charge is -2.11. The van der Waals surface area contributed by atoms with Crippen molar-refractivity contribution in [3.8, 4) is 0 Å². The van der Waals surface area contributed by atoms with Crippen molar-refractivity contribution < 1.29 is 4.79 Å². The summed E-state index contributed by atoms with van der Waals surface area (Å²) in [6.45, 7) is 0. The second-order valence-corrected chi connectivity index (χ2v) is 4.87. The highest BCUT2D eigenvalue weighted by molar-refractivity contribution is 5.96. The smallest absolute Gasteiger partial charge is 0.270 e. The topological polar surface area (TPSA) is 42.0 Å². The van der Waals surface area contributed by atoms with E-state index in [1.165, 1.54) is 12.8 Å². The lowest BCUT2D eigenvalue weighted by Crippen LogP contribution is -2.33. The third-order valence-electron chi connectivity index (χ3n) is 3.55. The van der Waals surface area contributed by atoms with Gasteiger partial charge in [-0.2, -0.15) is 0 Å². The summed E-state index contributed by atoms with van der Waals surface area (Å²) in [7, 11) is 0. The fraction of sp³-hybridized carbons (Fsp3) is 0.333. The molecule has 0 aliphatic heterocycles. The van der Waals surface area contributed by atoms with Gasteiger partial charge in [-0.1, -0.05) is 37.1 Å². The third kappa shape index (κ3) is 2.21. The second kappa shape index (κ2) is 4.77. The molecule has 0 radical (unpaired) electrons. The summed E-state index contributed by atoms with van der Waals surface area (Å²) in [6.07, 6.45) is 6.39. The van der Waals surface area contributed by atoms with Crippen LogP contribution in [0.1, 0.15) is 36.2 Å². The van der Waals surface area contributed by atoms with Crippen molar-refractivity contribution in [2.24, 2.45) is 0 Å². The van der Waals surface area contributed by atoms with Crippen LogP contribution in [-0.4, -0.2) is 16.9 Å². The minimum absolute atomic E-state index is 0.0485. The lowest BCUT2D eigenvalue weighted by atomic mass is 10.1. The van der Waals surface area contributed by atoms with Gasteiger partial charge >= 0.3 is 0 Å². The van der Waals surface area contributed by atoms with Crippen molar-refractivity contribution in [3.63, 3.8) is 0 Å². The highest BCUT2D eigenvalue weighted by atomic mass is 16.1. The van der Waals surface area contributed by atoms with E-state index in [9.17, 15) is 4.79 Å². The summed E-state index contributed by atoms with van der Waals surface area (Å²) in [5.41, 5.74) is 0.514. The van der Waals surface area contributed by atoms with Crippen molar-refractivity contribution >= 4 is 16.7 Å². The number of carbonyl (C=O) groups is 1. The van der Waals surface area contributed by atoms with E-state index in [0.717, 1.165) is 23.6 Å². The van der Waals surface area contributed by atoms with Gasteiger partial charge in [-0.05, 0) is 24.3 Å². The summed E-state index contributed by atoms with van der Waals surface area (Å²) in [4.78, 5) is 16.3. The van der Waals surface area contributed by atoms with Gasteiger partial charge in [0.2, 0.25) is 0 Å². The molecule has 1 heterocycles. The minimum atomic E-state index is -0.0485. The van der Waals surface area contributed by atoms with Crippen LogP contribution in [0.2, 0.25) is 0 Å². The number of carbonyl (C=O) groups excluding carboxylic acids is 1. The first-order valence-corrected chi connectivity index (χ1v) is 6.48. The molecule has 92 valence electrons. The van der Waals surface area contributed by atoms with E-state index >= 15 is 0 Å². The van der Waals surface area contributed by atoms with Gasteiger partial charge in [-0.25, -0.2) is 0 Å². The molecule has 3 rings (SSSR count). The number of hydrogen-bond acceptors (Lipinski definition) is 2. The third-order valence-corrected chi connectivity index (χ3v) is 3.55. The Morgan fingerprint density at radius 1 is 1.17 bits per heavy atom. The number of rotatable bonds is 2. The molecule has 2 aromatic rings. The Morgan fingerprint density at radius 2 is 1.89 bits per heavy atom. The molecule has 1 aromatic carbocycles. The van der Waals surface area contributed by atoms with Crippen molar-refractivity contribution in [1.82, 2.24) is 10.3 Å². The van der Waals surface area contributed by atoms with Crippen molar-refractivity contribution in [3.05, 3.63) is 42.2 Å². The predicted molar refractivity (Wildman–Crippen MR) is 71.5 cm³/mol. The second-order valence-electron chi connectivity index (χ2n) is 4.87. The van der Waals surface area contributed by atoms with Crippen LogP contribution in [-0.2, 0) is 0 Å². The number of fused-ring (bicyclic) bond motifs is 1. The Kier molecular flexibility index (Phi) is 2.97. The zero-order valence-corrected chi connectivity index (χ0v) is 10.2. The molecule has 1 aromatic heterocycles. The Labute approximate surface area is 106 Å². The van der Waals surface area contributed by atoms with E-state index in [2.05, 4.69) is 10.3 Å². The zero-order chi connectivity index (χ0) is 12.4. The lowest BCUT2D eigenvalue weighted by molar-refractivity contribution is 0.0933. The standard InChI is InChI=1S/C15H16N2O/c18-15(17-13-7-3-4-8-13)14-9-11-5-1-2-6-12(11)10-16-14/h1-2,5-6,9-10,13H,3-4,7-8H2,(H,17,18). The molecule has 1 saturated carbocycles. The average molecular weight is 240 g/mol. The Balaban J connectivity index is 1.82. The monoisotopic (exact) mass is 240 g/mol.